The summed E-state index contributed by atoms with van der Waals surface area (Å²) < 4.78 is 8.02. The van der Waals surface area contributed by atoms with E-state index in [1.807, 2.05) is 6.07 Å². The molecule has 0 radical (unpaired) electrons. The summed E-state index contributed by atoms with van der Waals surface area (Å²) in [6.45, 7) is 5.64. The van der Waals surface area contributed by atoms with Gasteiger partial charge in [-0.2, -0.15) is 9.78 Å². The fraction of sp³-hybridized carbons (Fsp3) is 0.250. The molecule has 0 fully saturated rings. The highest BCUT2D eigenvalue weighted by Crippen LogP contribution is 2.31. The molecule has 4 aromatic rings. The number of carboxylic acids is 1. The van der Waals surface area contributed by atoms with Crippen LogP contribution in [0.4, 0.5) is 5.82 Å². The highest BCUT2D eigenvalue weighted by Gasteiger charge is 2.34. The maximum atomic E-state index is 13.4. The first-order chi connectivity index (χ1) is 16.6. The van der Waals surface area contributed by atoms with Gasteiger partial charge < -0.3 is 19.4 Å². The van der Waals surface area contributed by atoms with E-state index in [4.69, 9.17) is 16.0 Å². The first kappa shape index (κ1) is 24.5. The summed E-state index contributed by atoms with van der Waals surface area (Å²) in [5.74, 6) is -1.21. The van der Waals surface area contributed by atoms with E-state index in [-0.39, 0.29) is 16.8 Å². The second-order valence-corrected chi connectivity index (χ2v) is 10.7. The predicted molar refractivity (Wildman–Crippen MR) is 133 cm³/mol. The molecule has 0 aliphatic rings. The smallest absolute Gasteiger partial charge is 0.327 e. The van der Waals surface area contributed by atoms with Gasteiger partial charge in [-0.15, -0.1) is 11.3 Å². The Morgan fingerprint density at radius 1 is 1.26 bits per heavy atom. The zero-order valence-electron chi connectivity index (χ0n) is 19.2. The summed E-state index contributed by atoms with van der Waals surface area (Å²) in [5, 5.41) is 17.4. The number of thiophene rings is 1. The molecule has 0 aliphatic carbocycles. The van der Waals surface area contributed by atoms with Gasteiger partial charge in [-0.05, 0) is 35.7 Å². The van der Waals surface area contributed by atoms with Crippen LogP contribution in [0.15, 0.2) is 64.3 Å². The number of furan rings is 1. The van der Waals surface area contributed by atoms with Crippen LogP contribution in [0.2, 0.25) is 4.34 Å². The molecule has 4 rings (SSSR count). The van der Waals surface area contributed by atoms with Crippen molar-refractivity contribution in [2.75, 3.05) is 5.32 Å². The summed E-state index contributed by atoms with van der Waals surface area (Å²) in [4.78, 5) is 39.4. The average molecular weight is 515 g/mol. The van der Waals surface area contributed by atoms with Gasteiger partial charge in [0.15, 0.2) is 0 Å². The van der Waals surface area contributed by atoms with Crippen molar-refractivity contribution in [3.05, 3.63) is 80.3 Å². The molecule has 11 heteroatoms. The minimum absolute atomic E-state index is 0.170. The molecule has 0 bridgehead atoms. The SMILES string of the molecule is CC(C)(C)C(C(=O)O)n1cccc(-c2cc(NCc3ccc(Cl)s3)n(C(=O)c3ccoc3)n2)c1=O. The topological polar surface area (TPSA) is 119 Å². The van der Waals surface area contributed by atoms with Gasteiger partial charge in [-0.1, -0.05) is 32.4 Å². The van der Waals surface area contributed by atoms with Gasteiger partial charge in [0.05, 0.1) is 28.3 Å². The lowest BCUT2D eigenvalue weighted by atomic mass is 9.86. The standard InChI is InChI=1S/C24H23ClN4O5S/c1-24(2,3)20(23(32)33)28-9-4-5-16(22(28)31)17-11-19(26-12-15-6-7-18(25)35-15)29(27-17)21(30)14-8-10-34-13-14/h4-11,13,20,26H,12H2,1-3H3,(H,32,33). The van der Waals surface area contributed by atoms with Crippen molar-refractivity contribution in [3.8, 4) is 11.3 Å². The average Bonchev–Trinajstić information content (AvgIpc) is 3.53. The lowest BCUT2D eigenvalue weighted by Gasteiger charge is -2.28. The van der Waals surface area contributed by atoms with Gasteiger partial charge >= 0.3 is 5.97 Å². The van der Waals surface area contributed by atoms with Crippen LogP contribution in [-0.2, 0) is 11.3 Å². The third-order valence-electron chi connectivity index (χ3n) is 5.33. The molecule has 0 aliphatic heterocycles. The van der Waals surface area contributed by atoms with E-state index in [9.17, 15) is 19.5 Å². The number of aliphatic carboxylic acids is 1. The molecule has 1 atom stereocenters. The third kappa shape index (κ3) is 5.08. The van der Waals surface area contributed by atoms with Gasteiger partial charge in [0.25, 0.3) is 11.5 Å². The number of rotatable bonds is 7. The second kappa shape index (κ2) is 9.55. The molecule has 182 valence electrons. The Morgan fingerprint density at radius 3 is 2.63 bits per heavy atom. The molecule has 0 spiro atoms. The van der Waals surface area contributed by atoms with Crippen LogP contribution >= 0.6 is 22.9 Å². The number of pyridine rings is 1. The number of carboxylic acid groups (broad SMARTS) is 1. The maximum absolute atomic E-state index is 13.4. The second-order valence-electron chi connectivity index (χ2n) is 8.94. The van der Waals surface area contributed by atoms with Crippen LogP contribution in [0, 0.1) is 5.41 Å². The molecule has 0 saturated carbocycles. The number of carbonyl (C=O) groups is 2. The van der Waals surface area contributed by atoms with E-state index < -0.39 is 28.9 Å². The summed E-state index contributed by atoms with van der Waals surface area (Å²) >= 11 is 7.42. The first-order valence-corrected chi connectivity index (χ1v) is 11.8. The van der Waals surface area contributed by atoms with Crippen molar-refractivity contribution < 1.29 is 19.1 Å². The Morgan fingerprint density at radius 2 is 2.03 bits per heavy atom. The Balaban J connectivity index is 1.78. The molecule has 0 saturated heterocycles. The van der Waals surface area contributed by atoms with Crippen molar-refractivity contribution in [1.29, 1.82) is 0 Å². The zero-order chi connectivity index (χ0) is 25.3. The number of nitrogens with zero attached hydrogens (tertiary/aromatic N) is 3. The normalized spacial score (nSPS) is 12.5. The van der Waals surface area contributed by atoms with E-state index in [0.717, 1.165) is 9.56 Å². The monoisotopic (exact) mass is 514 g/mol. The number of carbonyl (C=O) groups excluding carboxylic acids is 1. The van der Waals surface area contributed by atoms with Crippen molar-refractivity contribution in [1.82, 2.24) is 14.3 Å². The molecule has 4 heterocycles. The molecule has 4 aromatic heterocycles. The molecule has 2 N–H and O–H groups in total. The minimum Gasteiger partial charge on any atom is -0.480 e. The minimum atomic E-state index is -1.12. The summed E-state index contributed by atoms with van der Waals surface area (Å²) in [5.41, 5.74) is -0.563. The number of aromatic nitrogens is 3. The highest BCUT2D eigenvalue weighted by atomic mass is 35.5. The lowest BCUT2D eigenvalue weighted by Crippen LogP contribution is -2.38. The van der Waals surface area contributed by atoms with Gasteiger partial charge in [0.1, 0.15) is 23.8 Å². The van der Waals surface area contributed by atoms with Gasteiger partial charge in [-0.3, -0.25) is 9.59 Å². The van der Waals surface area contributed by atoms with Crippen molar-refractivity contribution in [3.63, 3.8) is 0 Å². The number of nitrogens with one attached hydrogen (secondary N) is 1. The van der Waals surface area contributed by atoms with Crippen molar-refractivity contribution >= 4 is 40.6 Å². The Bertz CT molecular complexity index is 1430. The Labute approximate surface area is 209 Å². The van der Waals surface area contributed by atoms with E-state index in [0.29, 0.717) is 16.7 Å². The highest BCUT2D eigenvalue weighted by molar-refractivity contribution is 7.16. The van der Waals surface area contributed by atoms with Crippen LogP contribution < -0.4 is 10.9 Å². The summed E-state index contributed by atoms with van der Waals surface area (Å²) in [6.07, 6.45) is 4.14. The fourth-order valence-electron chi connectivity index (χ4n) is 3.74. The summed E-state index contributed by atoms with van der Waals surface area (Å²) in [6, 6.07) is 8.81. The molecule has 9 nitrogen and oxygen atoms in total. The van der Waals surface area contributed by atoms with Crippen LogP contribution in [-0.4, -0.2) is 31.3 Å². The fourth-order valence-corrected chi connectivity index (χ4v) is 4.77. The Hall–Kier alpha value is -3.63. The molecule has 0 amide bonds. The zero-order valence-corrected chi connectivity index (χ0v) is 20.8. The number of halogens is 1. The van der Waals surface area contributed by atoms with Crippen LogP contribution in [0.5, 0.6) is 0 Å². The number of hydrogen-bond donors (Lipinski definition) is 2. The number of hydrogen-bond acceptors (Lipinski definition) is 7. The van der Waals surface area contributed by atoms with E-state index in [1.54, 1.807) is 45.0 Å². The Kier molecular flexibility index (Phi) is 6.68. The maximum Gasteiger partial charge on any atom is 0.327 e. The quantitative estimate of drug-likeness (QED) is 0.356. The van der Waals surface area contributed by atoms with Crippen LogP contribution in [0.3, 0.4) is 0 Å². The molecular weight excluding hydrogens is 492 g/mol. The van der Waals surface area contributed by atoms with E-state index in [2.05, 4.69) is 10.4 Å². The van der Waals surface area contributed by atoms with Crippen molar-refractivity contribution in [2.24, 2.45) is 5.41 Å². The summed E-state index contributed by atoms with van der Waals surface area (Å²) in [7, 11) is 0. The van der Waals surface area contributed by atoms with E-state index in [1.165, 1.54) is 40.7 Å². The molecule has 1 unspecified atom stereocenters. The molecule has 35 heavy (non-hydrogen) atoms. The van der Waals surface area contributed by atoms with Gasteiger partial charge in [-0.25, -0.2) is 4.79 Å². The van der Waals surface area contributed by atoms with Gasteiger partial charge in [0.2, 0.25) is 0 Å². The van der Waals surface area contributed by atoms with E-state index >= 15 is 0 Å². The predicted octanol–water partition coefficient (Wildman–Crippen LogP) is 4.99. The van der Waals surface area contributed by atoms with Crippen LogP contribution in [0.25, 0.3) is 11.3 Å². The van der Waals surface area contributed by atoms with Crippen molar-refractivity contribution in [2.45, 2.75) is 33.4 Å². The van der Waals surface area contributed by atoms with Crippen LogP contribution in [0.1, 0.15) is 42.0 Å². The molecule has 0 aromatic carbocycles. The lowest BCUT2D eigenvalue weighted by molar-refractivity contribution is -0.144. The van der Waals surface area contributed by atoms with Gasteiger partial charge in [0, 0.05) is 17.1 Å². The molecular formula is C24H23ClN4O5S. The number of anilines is 1. The third-order valence-corrected chi connectivity index (χ3v) is 6.56. The largest absolute Gasteiger partial charge is 0.480 e. The first-order valence-electron chi connectivity index (χ1n) is 10.7.